The number of carboxylic acids is 1. The zero-order valence-corrected chi connectivity index (χ0v) is 18.9. The Kier molecular flexibility index (Phi) is 7.44. The van der Waals surface area contributed by atoms with Crippen LogP contribution in [0.4, 0.5) is 4.79 Å². The molecule has 180 valence electrons. The highest BCUT2D eigenvalue weighted by Crippen LogP contribution is 2.44. The summed E-state index contributed by atoms with van der Waals surface area (Å²) in [6, 6.07) is 15.6. The van der Waals surface area contributed by atoms with Crippen LogP contribution in [0.3, 0.4) is 0 Å². The lowest BCUT2D eigenvalue weighted by atomic mass is 9.98. The predicted molar refractivity (Wildman–Crippen MR) is 122 cm³/mol. The Morgan fingerprint density at radius 1 is 1.09 bits per heavy atom. The molecule has 1 fully saturated rings. The second-order valence-corrected chi connectivity index (χ2v) is 8.30. The van der Waals surface area contributed by atoms with Crippen LogP contribution in [0.2, 0.25) is 0 Å². The molecule has 1 saturated heterocycles. The van der Waals surface area contributed by atoms with Crippen molar-refractivity contribution in [3.63, 3.8) is 0 Å². The lowest BCUT2D eigenvalue weighted by Crippen LogP contribution is -2.49. The molecule has 2 aromatic rings. The summed E-state index contributed by atoms with van der Waals surface area (Å²) in [6.45, 7) is 0.612. The van der Waals surface area contributed by atoms with Gasteiger partial charge in [-0.25, -0.2) is 9.59 Å². The molecule has 2 aliphatic rings. The maximum atomic E-state index is 12.6. The minimum atomic E-state index is -1.09. The Morgan fingerprint density at radius 3 is 2.35 bits per heavy atom. The van der Waals surface area contributed by atoms with Gasteiger partial charge >= 0.3 is 12.1 Å². The summed E-state index contributed by atoms with van der Waals surface area (Å²) >= 11 is 0. The van der Waals surface area contributed by atoms with Gasteiger partial charge in [0.2, 0.25) is 0 Å². The van der Waals surface area contributed by atoms with Gasteiger partial charge in [0, 0.05) is 32.6 Å². The quantitative estimate of drug-likeness (QED) is 0.516. The average Bonchev–Trinajstić information content (AvgIpc) is 3.42. The lowest BCUT2D eigenvalue weighted by Gasteiger charge is -2.20. The van der Waals surface area contributed by atoms with E-state index in [1.165, 1.54) is 7.11 Å². The van der Waals surface area contributed by atoms with Gasteiger partial charge in [0.05, 0.1) is 6.04 Å². The summed E-state index contributed by atoms with van der Waals surface area (Å²) in [7, 11) is 1.30. The molecule has 34 heavy (non-hydrogen) atoms. The van der Waals surface area contributed by atoms with E-state index in [0.29, 0.717) is 13.0 Å². The minimum Gasteiger partial charge on any atom is -0.479 e. The standard InChI is InChI=1S/C25H28N2O7/c1-32-21(24(29)30)10-12-26-23(28)22-20(11-13-33-22)27-25(31)34-14-19-17-8-4-2-6-15(17)16-7-3-5-9-18(16)19/h2-9,19-22H,10-14H2,1H3,(H,26,28)(H,27,31)(H,29,30). The second-order valence-electron chi connectivity index (χ2n) is 8.30. The third-order valence-corrected chi connectivity index (χ3v) is 6.26. The molecule has 0 radical (unpaired) electrons. The molecule has 2 amide bonds. The highest BCUT2D eigenvalue weighted by Gasteiger charge is 2.36. The first-order valence-corrected chi connectivity index (χ1v) is 11.3. The number of benzene rings is 2. The van der Waals surface area contributed by atoms with Gasteiger partial charge in [0.25, 0.3) is 5.91 Å². The number of carbonyl (C=O) groups excluding carboxylic acids is 2. The van der Waals surface area contributed by atoms with Gasteiger partial charge < -0.3 is 30.0 Å². The molecule has 3 atom stereocenters. The smallest absolute Gasteiger partial charge is 0.407 e. The number of methoxy groups -OCH3 is 1. The highest BCUT2D eigenvalue weighted by molar-refractivity contribution is 5.83. The maximum absolute atomic E-state index is 12.6. The van der Waals surface area contributed by atoms with E-state index in [4.69, 9.17) is 19.3 Å². The molecule has 4 rings (SSSR count). The number of carbonyl (C=O) groups is 3. The number of alkyl carbamates (subject to hydrolysis) is 1. The lowest BCUT2D eigenvalue weighted by molar-refractivity contribution is -0.149. The highest BCUT2D eigenvalue weighted by atomic mass is 16.6. The zero-order valence-electron chi connectivity index (χ0n) is 18.9. The Labute approximate surface area is 197 Å². The van der Waals surface area contributed by atoms with Crippen LogP contribution in [0.25, 0.3) is 11.1 Å². The van der Waals surface area contributed by atoms with Gasteiger partial charge in [-0.3, -0.25) is 4.79 Å². The molecule has 0 saturated carbocycles. The molecule has 0 aromatic heterocycles. The minimum absolute atomic E-state index is 0.0555. The zero-order chi connectivity index (χ0) is 24.1. The number of ether oxygens (including phenoxy) is 3. The molecule has 0 spiro atoms. The van der Waals surface area contributed by atoms with E-state index < -0.39 is 36.2 Å². The van der Waals surface area contributed by atoms with Gasteiger partial charge in [-0.05, 0) is 28.7 Å². The van der Waals surface area contributed by atoms with E-state index in [0.717, 1.165) is 22.3 Å². The molecule has 9 heteroatoms. The van der Waals surface area contributed by atoms with E-state index in [1.807, 2.05) is 36.4 Å². The molecule has 3 unspecified atom stereocenters. The Bertz CT molecular complexity index is 1010. The summed E-state index contributed by atoms with van der Waals surface area (Å²) in [6.07, 6.45) is -1.89. The molecule has 1 aliphatic heterocycles. The number of nitrogens with one attached hydrogen (secondary N) is 2. The van der Waals surface area contributed by atoms with Crippen molar-refractivity contribution >= 4 is 18.0 Å². The molecular formula is C25H28N2O7. The number of amides is 2. The molecule has 2 aromatic carbocycles. The molecule has 0 bridgehead atoms. The molecule has 3 N–H and O–H groups in total. The first-order chi connectivity index (χ1) is 16.5. The molecule has 1 aliphatic carbocycles. The number of rotatable bonds is 9. The van der Waals surface area contributed by atoms with Crippen molar-refractivity contribution in [2.45, 2.75) is 37.0 Å². The van der Waals surface area contributed by atoms with Crippen LogP contribution in [0.5, 0.6) is 0 Å². The van der Waals surface area contributed by atoms with Gasteiger partial charge in [-0.15, -0.1) is 0 Å². The fourth-order valence-corrected chi connectivity index (χ4v) is 4.56. The van der Waals surface area contributed by atoms with E-state index >= 15 is 0 Å². The third kappa shape index (κ3) is 5.05. The summed E-state index contributed by atoms with van der Waals surface area (Å²) in [5.41, 5.74) is 4.53. The Balaban J connectivity index is 1.30. The van der Waals surface area contributed by atoms with Crippen molar-refractivity contribution in [3.05, 3.63) is 59.7 Å². The van der Waals surface area contributed by atoms with Crippen molar-refractivity contribution in [3.8, 4) is 11.1 Å². The molecular weight excluding hydrogens is 440 g/mol. The SMILES string of the molecule is COC(CCNC(=O)C1OCCC1NC(=O)OCC1c2ccccc2-c2ccccc21)C(=O)O. The predicted octanol–water partition coefficient (Wildman–Crippen LogP) is 2.29. The van der Waals surface area contributed by atoms with E-state index in [1.54, 1.807) is 0 Å². The topological polar surface area (TPSA) is 123 Å². The summed E-state index contributed by atoms with van der Waals surface area (Å²) < 4.78 is 15.9. The van der Waals surface area contributed by atoms with E-state index in [-0.39, 0.29) is 25.5 Å². The second kappa shape index (κ2) is 10.7. The number of fused-ring (bicyclic) bond motifs is 3. The van der Waals surface area contributed by atoms with Crippen molar-refractivity contribution in [2.75, 3.05) is 26.9 Å². The third-order valence-electron chi connectivity index (χ3n) is 6.26. The molecule has 1 heterocycles. The van der Waals surface area contributed by atoms with Crippen LogP contribution in [0.1, 0.15) is 29.9 Å². The Morgan fingerprint density at radius 2 is 1.74 bits per heavy atom. The van der Waals surface area contributed by atoms with Crippen molar-refractivity contribution < 1.29 is 33.7 Å². The largest absolute Gasteiger partial charge is 0.479 e. The average molecular weight is 469 g/mol. The van der Waals surface area contributed by atoms with Crippen LogP contribution in [0.15, 0.2) is 48.5 Å². The summed E-state index contributed by atoms with van der Waals surface area (Å²) in [5, 5.41) is 14.4. The van der Waals surface area contributed by atoms with Crippen molar-refractivity contribution in [2.24, 2.45) is 0 Å². The number of aliphatic carboxylic acids is 1. The number of hydrogen-bond donors (Lipinski definition) is 3. The van der Waals surface area contributed by atoms with Gasteiger partial charge in [0.15, 0.2) is 12.2 Å². The van der Waals surface area contributed by atoms with Crippen molar-refractivity contribution in [1.82, 2.24) is 10.6 Å². The van der Waals surface area contributed by atoms with Crippen LogP contribution in [-0.4, -0.2) is 68.2 Å². The maximum Gasteiger partial charge on any atom is 0.407 e. The first-order valence-electron chi connectivity index (χ1n) is 11.3. The van der Waals surface area contributed by atoms with E-state index in [9.17, 15) is 14.4 Å². The number of carboxylic acid groups (broad SMARTS) is 1. The first kappa shape index (κ1) is 23.7. The van der Waals surface area contributed by atoms with Gasteiger partial charge in [-0.2, -0.15) is 0 Å². The summed E-state index contributed by atoms with van der Waals surface area (Å²) in [4.78, 5) is 36.1. The van der Waals surface area contributed by atoms with Gasteiger partial charge in [-0.1, -0.05) is 48.5 Å². The fourth-order valence-electron chi connectivity index (χ4n) is 4.56. The van der Waals surface area contributed by atoms with Crippen LogP contribution in [-0.2, 0) is 23.8 Å². The fraction of sp³-hybridized carbons (Fsp3) is 0.400. The summed E-state index contributed by atoms with van der Waals surface area (Å²) in [5.74, 6) is -1.56. The monoisotopic (exact) mass is 468 g/mol. The Hall–Kier alpha value is -3.43. The van der Waals surface area contributed by atoms with Gasteiger partial charge in [0.1, 0.15) is 6.61 Å². The van der Waals surface area contributed by atoms with Crippen LogP contribution >= 0.6 is 0 Å². The van der Waals surface area contributed by atoms with Crippen molar-refractivity contribution in [1.29, 1.82) is 0 Å². The normalized spacial score (nSPS) is 19.7. The molecule has 9 nitrogen and oxygen atoms in total. The van der Waals surface area contributed by atoms with E-state index in [2.05, 4.69) is 22.8 Å². The van der Waals surface area contributed by atoms with Crippen LogP contribution in [0, 0.1) is 0 Å². The number of hydrogen-bond acceptors (Lipinski definition) is 6. The van der Waals surface area contributed by atoms with Crippen LogP contribution < -0.4 is 10.6 Å².